The zero-order valence-electron chi connectivity index (χ0n) is 10.9. The zero-order valence-corrected chi connectivity index (χ0v) is 10.9. The average molecular weight is 230 g/mol. The lowest BCUT2D eigenvalue weighted by Gasteiger charge is -2.30. The predicted molar refractivity (Wildman–Crippen MR) is 71.6 cm³/mol. The number of aldehydes is 1. The fraction of sp³-hybridized carbons (Fsp3) is 0.562. The summed E-state index contributed by atoms with van der Waals surface area (Å²) in [5.74, 6) is 1.56. The minimum atomic E-state index is 0.675. The van der Waals surface area contributed by atoms with Crippen molar-refractivity contribution >= 4 is 6.29 Å². The van der Waals surface area contributed by atoms with Gasteiger partial charge in [-0.3, -0.25) is 4.79 Å². The molecule has 1 aliphatic carbocycles. The Morgan fingerprint density at radius 2 is 2.18 bits per heavy atom. The molecule has 0 saturated heterocycles. The number of hydrogen-bond donors (Lipinski definition) is 0. The van der Waals surface area contributed by atoms with E-state index in [0.29, 0.717) is 5.92 Å². The zero-order chi connectivity index (χ0) is 12.3. The molecule has 1 saturated carbocycles. The van der Waals surface area contributed by atoms with Crippen molar-refractivity contribution in [3.8, 4) is 0 Å². The molecule has 0 bridgehead atoms. The molecule has 1 aromatic rings. The van der Waals surface area contributed by atoms with Crippen molar-refractivity contribution in [2.24, 2.45) is 5.92 Å². The summed E-state index contributed by atoms with van der Waals surface area (Å²) in [6.07, 6.45) is 7.61. The van der Waals surface area contributed by atoms with E-state index >= 15 is 0 Å². The van der Waals surface area contributed by atoms with Crippen LogP contribution in [-0.4, -0.2) is 6.29 Å². The Hall–Kier alpha value is -1.11. The van der Waals surface area contributed by atoms with Crippen molar-refractivity contribution in [1.82, 2.24) is 0 Å². The molecule has 92 valence electrons. The third-order valence-electron chi connectivity index (χ3n) is 4.34. The molecule has 1 nitrogen and oxygen atoms in total. The van der Waals surface area contributed by atoms with Gasteiger partial charge in [0.25, 0.3) is 0 Å². The highest BCUT2D eigenvalue weighted by Gasteiger charge is 2.23. The van der Waals surface area contributed by atoms with E-state index in [0.717, 1.165) is 17.8 Å². The molecule has 2 rings (SSSR count). The summed E-state index contributed by atoms with van der Waals surface area (Å²) in [5, 5.41) is 0. The van der Waals surface area contributed by atoms with Crippen molar-refractivity contribution in [1.29, 1.82) is 0 Å². The lowest BCUT2D eigenvalue weighted by molar-refractivity contribution is 0.112. The van der Waals surface area contributed by atoms with Crippen LogP contribution in [0.5, 0.6) is 0 Å². The van der Waals surface area contributed by atoms with Crippen molar-refractivity contribution in [3.05, 3.63) is 34.9 Å². The Kier molecular flexibility index (Phi) is 3.98. The third kappa shape index (κ3) is 2.59. The van der Waals surface area contributed by atoms with Crippen LogP contribution in [0.2, 0.25) is 0 Å². The molecular formula is C16H22O. The van der Waals surface area contributed by atoms with Gasteiger partial charge < -0.3 is 0 Å². The number of benzene rings is 1. The molecule has 0 N–H and O–H groups in total. The highest BCUT2D eigenvalue weighted by atomic mass is 16.1. The molecule has 1 fully saturated rings. The minimum absolute atomic E-state index is 0.675. The van der Waals surface area contributed by atoms with Crippen LogP contribution in [0.1, 0.15) is 66.4 Å². The van der Waals surface area contributed by atoms with Gasteiger partial charge in [0.15, 0.2) is 0 Å². The fourth-order valence-corrected chi connectivity index (χ4v) is 3.19. The van der Waals surface area contributed by atoms with E-state index in [1.54, 1.807) is 0 Å². The molecule has 0 spiro atoms. The Morgan fingerprint density at radius 1 is 1.35 bits per heavy atom. The van der Waals surface area contributed by atoms with Gasteiger partial charge in [0.2, 0.25) is 0 Å². The summed E-state index contributed by atoms with van der Waals surface area (Å²) in [4.78, 5) is 11.0. The first-order valence-corrected chi connectivity index (χ1v) is 6.81. The fourth-order valence-electron chi connectivity index (χ4n) is 3.19. The topological polar surface area (TPSA) is 17.1 Å². The van der Waals surface area contributed by atoms with Crippen LogP contribution < -0.4 is 0 Å². The summed E-state index contributed by atoms with van der Waals surface area (Å²) < 4.78 is 0. The van der Waals surface area contributed by atoms with Crippen molar-refractivity contribution < 1.29 is 4.79 Å². The molecule has 0 aliphatic heterocycles. The monoisotopic (exact) mass is 230 g/mol. The van der Waals surface area contributed by atoms with Gasteiger partial charge in [-0.25, -0.2) is 0 Å². The first kappa shape index (κ1) is 12.3. The van der Waals surface area contributed by atoms with Gasteiger partial charge in [0, 0.05) is 5.56 Å². The average Bonchev–Trinajstić information content (AvgIpc) is 2.39. The Bertz CT molecular complexity index is 395. The normalized spacial score (nSPS) is 24.6. The summed E-state index contributed by atoms with van der Waals surface area (Å²) in [6.45, 7) is 4.39. The molecule has 2 atom stereocenters. The number of carbonyl (C=O) groups is 1. The lowest BCUT2D eigenvalue weighted by Crippen LogP contribution is -2.14. The van der Waals surface area contributed by atoms with E-state index in [-0.39, 0.29) is 0 Å². The summed E-state index contributed by atoms with van der Waals surface area (Å²) in [7, 11) is 0. The van der Waals surface area contributed by atoms with Crippen molar-refractivity contribution in [3.63, 3.8) is 0 Å². The minimum Gasteiger partial charge on any atom is -0.298 e. The maximum atomic E-state index is 11.0. The number of rotatable bonds is 3. The molecule has 0 radical (unpaired) electrons. The third-order valence-corrected chi connectivity index (χ3v) is 4.34. The Labute approximate surface area is 104 Å². The molecule has 0 heterocycles. The highest BCUT2D eigenvalue weighted by molar-refractivity contribution is 5.77. The van der Waals surface area contributed by atoms with Crippen LogP contribution in [0, 0.1) is 12.8 Å². The van der Waals surface area contributed by atoms with Gasteiger partial charge in [-0.05, 0) is 42.7 Å². The maximum absolute atomic E-state index is 11.0. The maximum Gasteiger partial charge on any atom is 0.150 e. The molecular weight excluding hydrogens is 208 g/mol. The molecule has 0 aromatic heterocycles. The van der Waals surface area contributed by atoms with Crippen molar-refractivity contribution in [2.75, 3.05) is 0 Å². The van der Waals surface area contributed by atoms with Crippen molar-refractivity contribution in [2.45, 2.75) is 51.9 Å². The van der Waals surface area contributed by atoms with Crippen LogP contribution in [0.15, 0.2) is 18.2 Å². The van der Waals surface area contributed by atoms with E-state index in [1.165, 1.54) is 43.2 Å². The molecule has 1 aliphatic rings. The first-order chi connectivity index (χ1) is 8.26. The molecule has 17 heavy (non-hydrogen) atoms. The lowest BCUT2D eigenvalue weighted by atomic mass is 9.75. The van der Waals surface area contributed by atoms with E-state index < -0.39 is 0 Å². The van der Waals surface area contributed by atoms with E-state index in [2.05, 4.69) is 19.9 Å². The summed E-state index contributed by atoms with van der Waals surface area (Å²) in [6, 6.07) is 6.17. The smallest absolute Gasteiger partial charge is 0.150 e. The first-order valence-electron chi connectivity index (χ1n) is 6.81. The number of carbonyl (C=O) groups excluding carboxylic acids is 1. The van der Waals surface area contributed by atoms with Gasteiger partial charge in [-0.1, -0.05) is 44.4 Å². The van der Waals surface area contributed by atoms with Gasteiger partial charge >= 0.3 is 0 Å². The van der Waals surface area contributed by atoms with Crippen LogP contribution in [0.4, 0.5) is 0 Å². The van der Waals surface area contributed by atoms with Crippen LogP contribution >= 0.6 is 0 Å². The number of hydrogen-bond acceptors (Lipinski definition) is 1. The Balaban J connectivity index is 2.24. The van der Waals surface area contributed by atoms with Gasteiger partial charge in [-0.2, -0.15) is 0 Å². The second kappa shape index (κ2) is 5.48. The standard InChI is InChI=1S/C16H22O/c1-3-13-6-4-7-14(10-13)16-9-5-8-15(11-17)12(16)2/h5,8-9,11,13-14H,3-4,6-7,10H2,1-2H3. The quantitative estimate of drug-likeness (QED) is 0.699. The van der Waals surface area contributed by atoms with E-state index in [1.807, 2.05) is 12.1 Å². The van der Waals surface area contributed by atoms with E-state index in [4.69, 9.17) is 0 Å². The highest BCUT2D eigenvalue weighted by Crippen LogP contribution is 2.38. The van der Waals surface area contributed by atoms with E-state index in [9.17, 15) is 4.79 Å². The van der Waals surface area contributed by atoms with Crippen LogP contribution in [0.3, 0.4) is 0 Å². The van der Waals surface area contributed by atoms with Crippen LogP contribution in [-0.2, 0) is 0 Å². The molecule has 1 aromatic carbocycles. The second-order valence-corrected chi connectivity index (χ2v) is 5.32. The van der Waals surface area contributed by atoms with Crippen LogP contribution in [0.25, 0.3) is 0 Å². The second-order valence-electron chi connectivity index (χ2n) is 5.32. The van der Waals surface area contributed by atoms with Gasteiger partial charge in [0.05, 0.1) is 0 Å². The molecule has 2 unspecified atom stereocenters. The largest absolute Gasteiger partial charge is 0.298 e. The Morgan fingerprint density at radius 3 is 2.88 bits per heavy atom. The summed E-state index contributed by atoms with van der Waals surface area (Å²) >= 11 is 0. The summed E-state index contributed by atoms with van der Waals surface area (Å²) in [5.41, 5.74) is 3.47. The molecule has 1 heteroatoms. The van der Waals surface area contributed by atoms with Gasteiger partial charge in [0.1, 0.15) is 6.29 Å². The predicted octanol–water partition coefficient (Wildman–Crippen LogP) is 4.49. The SMILES string of the molecule is CCC1CCCC(c2cccc(C=O)c2C)C1. The van der Waals surface area contributed by atoms with Gasteiger partial charge in [-0.15, -0.1) is 0 Å². The molecule has 0 amide bonds.